The van der Waals surface area contributed by atoms with Crippen LogP contribution in [0.15, 0.2) is 42.5 Å². The molecule has 0 aliphatic carbocycles. The Morgan fingerprint density at radius 1 is 1.19 bits per heavy atom. The van der Waals surface area contributed by atoms with Crippen molar-refractivity contribution in [2.24, 2.45) is 0 Å². The van der Waals surface area contributed by atoms with Gasteiger partial charge < -0.3 is 10.1 Å². The van der Waals surface area contributed by atoms with Crippen LogP contribution in [0.5, 0.6) is 5.75 Å². The van der Waals surface area contributed by atoms with E-state index in [0.29, 0.717) is 17.4 Å². The monoisotopic (exact) mass is 352 g/mol. The Balaban J connectivity index is 1.65. The van der Waals surface area contributed by atoms with Gasteiger partial charge in [0.25, 0.3) is 5.91 Å². The van der Waals surface area contributed by atoms with E-state index >= 15 is 0 Å². The highest BCUT2D eigenvalue weighted by atomic mass is 16.5. The number of hydrogen-bond acceptors (Lipinski definition) is 3. The molecule has 138 valence electrons. The molecule has 0 radical (unpaired) electrons. The van der Waals surface area contributed by atoms with Gasteiger partial charge in [-0.2, -0.15) is 0 Å². The number of piperidine rings is 1. The minimum Gasteiger partial charge on any atom is -0.496 e. The third-order valence-corrected chi connectivity index (χ3v) is 5.14. The number of methoxy groups -OCH3 is 1. The number of rotatable bonds is 5. The quantitative estimate of drug-likeness (QED) is 0.853. The van der Waals surface area contributed by atoms with Crippen molar-refractivity contribution in [3.63, 3.8) is 0 Å². The zero-order valence-electron chi connectivity index (χ0n) is 15.9. The van der Waals surface area contributed by atoms with Gasteiger partial charge in [0.1, 0.15) is 5.75 Å². The van der Waals surface area contributed by atoms with Gasteiger partial charge in [-0.1, -0.05) is 30.2 Å². The van der Waals surface area contributed by atoms with Crippen LogP contribution in [0.25, 0.3) is 0 Å². The number of hydrogen-bond donors (Lipinski definition) is 1. The average Bonchev–Trinajstić information content (AvgIpc) is 2.65. The first kappa shape index (κ1) is 18.5. The molecule has 0 aromatic heterocycles. The van der Waals surface area contributed by atoms with Gasteiger partial charge >= 0.3 is 0 Å². The number of benzene rings is 2. The van der Waals surface area contributed by atoms with Crippen molar-refractivity contribution in [2.45, 2.75) is 45.7 Å². The molecule has 1 aliphatic rings. The molecule has 1 unspecified atom stereocenters. The molecular weight excluding hydrogens is 324 g/mol. The summed E-state index contributed by atoms with van der Waals surface area (Å²) in [5.41, 5.74) is 3.67. The number of amides is 1. The molecule has 3 rings (SSSR count). The van der Waals surface area contributed by atoms with E-state index in [4.69, 9.17) is 4.74 Å². The number of likely N-dealkylation sites (tertiary alicyclic amines) is 1. The number of carbonyl (C=O) groups excluding carboxylic acids is 1. The highest BCUT2D eigenvalue weighted by Crippen LogP contribution is 2.22. The van der Waals surface area contributed by atoms with Gasteiger partial charge in [-0.25, -0.2) is 0 Å². The van der Waals surface area contributed by atoms with Gasteiger partial charge in [-0.3, -0.25) is 9.69 Å². The van der Waals surface area contributed by atoms with Gasteiger partial charge in [0, 0.05) is 18.3 Å². The maximum Gasteiger partial charge on any atom is 0.259 e. The summed E-state index contributed by atoms with van der Waals surface area (Å²) in [7, 11) is 1.58. The second-order valence-corrected chi connectivity index (χ2v) is 7.17. The molecule has 1 atom stereocenters. The van der Waals surface area contributed by atoms with Gasteiger partial charge in [-0.05, 0) is 63.1 Å². The first-order valence-electron chi connectivity index (χ1n) is 9.36. The first-order valence-corrected chi connectivity index (χ1v) is 9.36. The van der Waals surface area contributed by atoms with Crippen molar-refractivity contribution < 1.29 is 9.53 Å². The lowest BCUT2D eigenvalue weighted by Crippen LogP contribution is -2.36. The summed E-state index contributed by atoms with van der Waals surface area (Å²) < 4.78 is 5.31. The maximum absolute atomic E-state index is 12.6. The number of ether oxygens (including phenoxy) is 1. The number of anilines is 1. The van der Waals surface area contributed by atoms with Crippen molar-refractivity contribution in [1.29, 1.82) is 0 Å². The summed E-state index contributed by atoms with van der Waals surface area (Å²) in [6, 6.07) is 14.4. The van der Waals surface area contributed by atoms with E-state index < -0.39 is 0 Å². The fourth-order valence-corrected chi connectivity index (χ4v) is 3.52. The third kappa shape index (κ3) is 4.44. The second kappa shape index (κ2) is 8.37. The summed E-state index contributed by atoms with van der Waals surface area (Å²) in [6.45, 7) is 6.42. The lowest BCUT2D eigenvalue weighted by molar-refractivity contribution is 0.102. The molecule has 0 spiro atoms. The summed E-state index contributed by atoms with van der Waals surface area (Å²) >= 11 is 0. The van der Waals surface area contributed by atoms with Crippen molar-refractivity contribution in [3.05, 3.63) is 59.2 Å². The molecule has 0 saturated carbocycles. The molecule has 4 nitrogen and oxygen atoms in total. The van der Waals surface area contributed by atoms with E-state index in [2.05, 4.69) is 29.3 Å². The zero-order valence-corrected chi connectivity index (χ0v) is 15.9. The van der Waals surface area contributed by atoms with Gasteiger partial charge in [-0.15, -0.1) is 0 Å². The smallest absolute Gasteiger partial charge is 0.259 e. The second-order valence-electron chi connectivity index (χ2n) is 7.17. The van der Waals surface area contributed by atoms with Crippen LogP contribution in [0.3, 0.4) is 0 Å². The number of nitrogens with one attached hydrogen (secondary N) is 1. The number of nitrogens with zero attached hydrogens (tertiary/aromatic N) is 1. The van der Waals surface area contributed by atoms with Crippen LogP contribution in [0.1, 0.15) is 47.7 Å². The van der Waals surface area contributed by atoms with Crippen LogP contribution < -0.4 is 10.1 Å². The van der Waals surface area contributed by atoms with Crippen molar-refractivity contribution in [3.8, 4) is 5.75 Å². The Kier molecular flexibility index (Phi) is 5.94. The summed E-state index contributed by atoms with van der Waals surface area (Å²) in [5.74, 6) is 0.437. The molecule has 1 amide bonds. The normalized spacial score (nSPS) is 17.7. The van der Waals surface area contributed by atoms with Crippen LogP contribution in [0, 0.1) is 6.92 Å². The number of carbonyl (C=O) groups is 1. The van der Waals surface area contributed by atoms with Crippen molar-refractivity contribution in [1.82, 2.24) is 4.90 Å². The van der Waals surface area contributed by atoms with Gasteiger partial charge in [0.05, 0.1) is 12.7 Å². The molecule has 1 aliphatic heterocycles. The Morgan fingerprint density at radius 2 is 1.96 bits per heavy atom. The largest absolute Gasteiger partial charge is 0.496 e. The SMILES string of the molecule is COc1ccc(C)cc1C(=O)Nc1ccc(CN2CCCCC2C)cc1. The fourth-order valence-electron chi connectivity index (χ4n) is 3.52. The van der Waals surface area contributed by atoms with E-state index in [0.717, 1.165) is 17.8 Å². The van der Waals surface area contributed by atoms with Gasteiger partial charge in [0.2, 0.25) is 0 Å². The van der Waals surface area contributed by atoms with Crippen molar-refractivity contribution >= 4 is 11.6 Å². The minimum absolute atomic E-state index is 0.150. The highest BCUT2D eigenvalue weighted by molar-refractivity contribution is 6.06. The van der Waals surface area contributed by atoms with E-state index in [1.807, 2.05) is 37.3 Å². The fraction of sp³-hybridized carbons (Fsp3) is 0.409. The predicted octanol–water partition coefficient (Wildman–Crippen LogP) is 4.63. The summed E-state index contributed by atoms with van der Waals surface area (Å²) in [5, 5.41) is 2.97. The van der Waals surface area contributed by atoms with E-state index in [1.165, 1.54) is 31.4 Å². The standard InChI is InChI=1S/C22H28N2O2/c1-16-7-12-21(26-3)20(14-16)22(25)23-19-10-8-18(9-11-19)15-24-13-5-4-6-17(24)2/h7-12,14,17H,4-6,13,15H2,1-3H3,(H,23,25). The van der Waals surface area contributed by atoms with Crippen LogP contribution in [0.4, 0.5) is 5.69 Å². The molecule has 2 aromatic rings. The van der Waals surface area contributed by atoms with Crippen LogP contribution in [-0.4, -0.2) is 30.5 Å². The molecule has 2 aromatic carbocycles. The topological polar surface area (TPSA) is 41.6 Å². The molecule has 1 saturated heterocycles. The highest BCUT2D eigenvalue weighted by Gasteiger charge is 2.18. The Bertz CT molecular complexity index is 755. The average molecular weight is 352 g/mol. The minimum atomic E-state index is -0.150. The van der Waals surface area contributed by atoms with Gasteiger partial charge in [0.15, 0.2) is 0 Å². The lowest BCUT2D eigenvalue weighted by Gasteiger charge is -2.33. The molecule has 1 fully saturated rings. The Hall–Kier alpha value is -2.33. The maximum atomic E-state index is 12.6. The zero-order chi connectivity index (χ0) is 18.5. The first-order chi connectivity index (χ1) is 12.6. The van der Waals surface area contributed by atoms with Crippen LogP contribution in [0.2, 0.25) is 0 Å². The molecule has 26 heavy (non-hydrogen) atoms. The van der Waals surface area contributed by atoms with E-state index in [9.17, 15) is 4.79 Å². The van der Waals surface area contributed by atoms with E-state index in [1.54, 1.807) is 7.11 Å². The molecule has 0 bridgehead atoms. The number of aryl methyl sites for hydroxylation is 1. The van der Waals surface area contributed by atoms with Crippen LogP contribution >= 0.6 is 0 Å². The van der Waals surface area contributed by atoms with Crippen LogP contribution in [-0.2, 0) is 6.54 Å². The summed E-state index contributed by atoms with van der Waals surface area (Å²) in [4.78, 5) is 15.1. The molecule has 1 heterocycles. The lowest BCUT2D eigenvalue weighted by atomic mass is 10.0. The van der Waals surface area contributed by atoms with E-state index in [-0.39, 0.29) is 5.91 Å². The predicted molar refractivity (Wildman–Crippen MR) is 106 cm³/mol. The third-order valence-electron chi connectivity index (χ3n) is 5.14. The molecule has 1 N–H and O–H groups in total. The summed E-state index contributed by atoms with van der Waals surface area (Å²) in [6.07, 6.45) is 3.91. The Morgan fingerprint density at radius 3 is 2.65 bits per heavy atom. The molecular formula is C22H28N2O2. The Labute approximate surface area is 156 Å². The van der Waals surface area contributed by atoms with Crippen molar-refractivity contribution in [2.75, 3.05) is 19.0 Å². The molecule has 4 heteroatoms.